The molecule has 0 saturated carbocycles. The van der Waals surface area contributed by atoms with E-state index in [1.165, 1.54) is 12.3 Å². The fourth-order valence-corrected chi connectivity index (χ4v) is 3.52. The van der Waals surface area contributed by atoms with Crippen LogP contribution in [0.1, 0.15) is 25.5 Å². The Labute approximate surface area is 162 Å². The van der Waals surface area contributed by atoms with E-state index in [4.69, 9.17) is 9.47 Å². The zero-order valence-corrected chi connectivity index (χ0v) is 15.7. The van der Waals surface area contributed by atoms with Crippen molar-refractivity contribution >= 4 is 22.1 Å². The van der Waals surface area contributed by atoms with Gasteiger partial charge >= 0.3 is 0 Å². The Morgan fingerprint density at radius 3 is 2.61 bits per heavy atom. The zero-order valence-electron chi connectivity index (χ0n) is 15.7. The summed E-state index contributed by atoms with van der Waals surface area (Å²) in [6.45, 7) is 5.35. The minimum Gasteiger partial charge on any atom is -0.486 e. The minimum absolute atomic E-state index is 0.00588. The fourth-order valence-electron chi connectivity index (χ4n) is 3.52. The molecule has 2 aromatic carbocycles. The lowest BCUT2D eigenvalue weighted by Crippen LogP contribution is -2.19. The van der Waals surface area contributed by atoms with Gasteiger partial charge < -0.3 is 14.8 Å². The third-order valence-corrected chi connectivity index (χ3v) is 4.89. The molecular weight excluding hydrogens is 358 g/mol. The molecule has 7 nitrogen and oxygen atoms in total. The zero-order chi connectivity index (χ0) is 19.7. The summed E-state index contributed by atoms with van der Waals surface area (Å²) in [7, 11) is 0. The highest BCUT2D eigenvalue weighted by Gasteiger charge is 2.22. The van der Waals surface area contributed by atoms with Crippen LogP contribution in [0, 0.1) is 16.0 Å². The maximum absolute atomic E-state index is 11.3. The Morgan fingerprint density at radius 1 is 1.07 bits per heavy atom. The van der Waals surface area contributed by atoms with Gasteiger partial charge in [0.15, 0.2) is 11.5 Å². The number of nitro groups is 1. The van der Waals surface area contributed by atoms with Gasteiger partial charge in [-0.3, -0.25) is 15.1 Å². The second kappa shape index (κ2) is 7.34. The number of hydrogen-bond donors (Lipinski definition) is 1. The van der Waals surface area contributed by atoms with Crippen molar-refractivity contribution in [3.63, 3.8) is 0 Å². The number of pyridine rings is 1. The van der Waals surface area contributed by atoms with Gasteiger partial charge in [0, 0.05) is 29.5 Å². The van der Waals surface area contributed by atoms with Crippen LogP contribution in [0.2, 0.25) is 0 Å². The molecule has 1 atom stereocenters. The highest BCUT2D eigenvalue weighted by atomic mass is 16.6. The lowest BCUT2D eigenvalue weighted by molar-refractivity contribution is -0.383. The van der Waals surface area contributed by atoms with E-state index >= 15 is 0 Å². The van der Waals surface area contributed by atoms with E-state index in [1.54, 1.807) is 18.3 Å². The SMILES string of the molecule is CC(C)C(Nc1ccc([N+](=O)[O-])c2cnccc12)c1ccc2c(c1)OCCO2. The highest BCUT2D eigenvalue weighted by Crippen LogP contribution is 2.38. The summed E-state index contributed by atoms with van der Waals surface area (Å²) >= 11 is 0. The van der Waals surface area contributed by atoms with Crippen LogP contribution in [0.4, 0.5) is 11.4 Å². The van der Waals surface area contributed by atoms with Gasteiger partial charge in [0.05, 0.1) is 16.4 Å². The number of rotatable bonds is 5. The van der Waals surface area contributed by atoms with Gasteiger partial charge in [0.25, 0.3) is 5.69 Å². The number of nitro benzene ring substituents is 1. The Morgan fingerprint density at radius 2 is 1.86 bits per heavy atom. The van der Waals surface area contributed by atoms with E-state index in [9.17, 15) is 10.1 Å². The van der Waals surface area contributed by atoms with Gasteiger partial charge in [-0.05, 0) is 35.7 Å². The van der Waals surface area contributed by atoms with Gasteiger partial charge in [0.1, 0.15) is 13.2 Å². The number of nitrogens with one attached hydrogen (secondary N) is 1. The Bertz CT molecular complexity index is 1040. The van der Waals surface area contributed by atoms with E-state index < -0.39 is 0 Å². The molecular formula is C21H21N3O4. The summed E-state index contributed by atoms with van der Waals surface area (Å²) < 4.78 is 11.3. The standard InChI is InChI=1S/C21H21N3O4/c1-13(2)21(14-3-6-19-20(11-14)28-10-9-27-19)23-17-4-5-18(24(25)26)16-12-22-8-7-15(16)17/h3-8,11-13,21,23H,9-10H2,1-2H3. The quantitative estimate of drug-likeness (QED) is 0.510. The number of aromatic nitrogens is 1. The van der Waals surface area contributed by atoms with Crippen LogP contribution >= 0.6 is 0 Å². The molecule has 0 spiro atoms. The van der Waals surface area contributed by atoms with Crippen molar-refractivity contribution in [3.05, 3.63) is 64.5 Å². The number of nitrogens with zero attached hydrogens (tertiary/aromatic N) is 2. The minimum atomic E-state index is -0.380. The Balaban J connectivity index is 1.73. The number of fused-ring (bicyclic) bond motifs is 2. The molecule has 0 radical (unpaired) electrons. The molecule has 1 aliphatic heterocycles. The summed E-state index contributed by atoms with van der Waals surface area (Å²) in [6, 6.07) is 11.0. The summed E-state index contributed by atoms with van der Waals surface area (Å²) in [5.41, 5.74) is 1.95. The van der Waals surface area contributed by atoms with Gasteiger partial charge in [0.2, 0.25) is 0 Å². The molecule has 3 aromatic rings. The molecule has 1 aromatic heterocycles. The number of ether oxygens (including phenoxy) is 2. The molecule has 144 valence electrons. The Hall–Kier alpha value is -3.35. The summed E-state index contributed by atoms with van der Waals surface area (Å²) in [6.07, 6.45) is 3.18. The van der Waals surface area contributed by atoms with E-state index in [0.717, 1.165) is 28.1 Å². The predicted octanol–water partition coefficient (Wildman–Crippen LogP) is 4.72. The highest BCUT2D eigenvalue weighted by molar-refractivity contribution is 5.99. The van der Waals surface area contributed by atoms with Crippen LogP contribution in [-0.4, -0.2) is 23.1 Å². The summed E-state index contributed by atoms with van der Waals surface area (Å²) in [4.78, 5) is 15.0. The van der Waals surface area contributed by atoms with Crippen molar-refractivity contribution in [3.8, 4) is 11.5 Å². The number of non-ortho nitro benzene ring substituents is 1. The molecule has 0 aliphatic carbocycles. The van der Waals surface area contributed by atoms with Gasteiger partial charge in [-0.15, -0.1) is 0 Å². The maximum Gasteiger partial charge on any atom is 0.278 e. The lowest BCUT2D eigenvalue weighted by atomic mass is 9.94. The third kappa shape index (κ3) is 3.31. The average Bonchev–Trinajstić information content (AvgIpc) is 2.71. The molecule has 0 bridgehead atoms. The Kier molecular flexibility index (Phi) is 4.73. The van der Waals surface area contributed by atoms with Crippen molar-refractivity contribution in [2.45, 2.75) is 19.9 Å². The number of benzene rings is 2. The lowest BCUT2D eigenvalue weighted by Gasteiger charge is -2.27. The molecule has 7 heteroatoms. The molecule has 1 N–H and O–H groups in total. The van der Waals surface area contributed by atoms with Crippen LogP contribution in [0.15, 0.2) is 48.8 Å². The van der Waals surface area contributed by atoms with Crippen LogP contribution in [-0.2, 0) is 0 Å². The van der Waals surface area contributed by atoms with Gasteiger partial charge in [-0.2, -0.15) is 0 Å². The molecule has 0 amide bonds. The topological polar surface area (TPSA) is 86.5 Å². The molecule has 0 fully saturated rings. The maximum atomic E-state index is 11.3. The van der Waals surface area contributed by atoms with Crippen molar-refractivity contribution in [1.29, 1.82) is 0 Å². The third-order valence-electron chi connectivity index (χ3n) is 4.89. The van der Waals surface area contributed by atoms with Crippen LogP contribution in [0.3, 0.4) is 0 Å². The van der Waals surface area contributed by atoms with Crippen LogP contribution in [0.5, 0.6) is 11.5 Å². The molecule has 1 aliphatic rings. The fraction of sp³-hybridized carbons (Fsp3) is 0.286. The normalized spacial score (nSPS) is 14.1. The number of hydrogen-bond acceptors (Lipinski definition) is 6. The van der Waals surface area contributed by atoms with E-state index in [1.807, 2.05) is 18.2 Å². The average molecular weight is 379 g/mol. The van der Waals surface area contributed by atoms with Crippen molar-refractivity contribution in [2.75, 3.05) is 18.5 Å². The first-order chi connectivity index (χ1) is 13.5. The van der Waals surface area contributed by atoms with Gasteiger partial charge in [-0.1, -0.05) is 19.9 Å². The monoisotopic (exact) mass is 379 g/mol. The van der Waals surface area contributed by atoms with E-state index in [2.05, 4.69) is 24.1 Å². The summed E-state index contributed by atoms with van der Waals surface area (Å²) in [5.74, 6) is 1.77. The van der Waals surface area contributed by atoms with Crippen molar-refractivity contribution < 1.29 is 14.4 Å². The van der Waals surface area contributed by atoms with Crippen molar-refractivity contribution in [2.24, 2.45) is 5.92 Å². The van der Waals surface area contributed by atoms with E-state index in [-0.39, 0.29) is 22.6 Å². The molecule has 4 rings (SSSR count). The second-order valence-electron chi connectivity index (χ2n) is 7.08. The van der Waals surface area contributed by atoms with Crippen LogP contribution < -0.4 is 14.8 Å². The largest absolute Gasteiger partial charge is 0.486 e. The summed E-state index contributed by atoms with van der Waals surface area (Å²) in [5, 5.41) is 16.2. The number of anilines is 1. The molecule has 0 saturated heterocycles. The van der Waals surface area contributed by atoms with Crippen LogP contribution in [0.25, 0.3) is 10.8 Å². The van der Waals surface area contributed by atoms with E-state index in [0.29, 0.717) is 18.6 Å². The molecule has 1 unspecified atom stereocenters. The van der Waals surface area contributed by atoms with Gasteiger partial charge in [-0.25, -0.2) is 0 Å². The first-order valence-electron chi connectivity index (χ1n) is 9.22. The predicted molar refractivity (Wildman–Crippen MR) is 107 cm³/mol. The first-order valence-corrected chi connectivity index (χ1v) is 9.22. The first kappa shape index (κ1) is 18.0. The second-order valence-corrected chi connectivity index (χ2v) is 7.08. The molecule has 28 heavy (non-hydrogen) atoms. The molecule has 2 heterocycles. The smallest absolute Gasteiger partial charge is 0.278 e. The van der Waals surface area contributed by atoms with Crippen molar-refractivity contribution in [1.82, 2.24) is 4.98 Å².